The summed E-state index contributed by atoms with van der Waals surface area (Å²) in [6.45, 7) is 0.873. The van der Waals surface area contributed by atoms with Gasteiger partial charge in [0, 0.05) is 12.0 Å². The van der Waals surface area contributed by atoms with Crippen molar-refractivity contribution in [1.29, 1.82) is 0 Å². The van der Waals surface area contributed by atoms with E-state index in [9.17, 15) is 4.79 Å². The number of nitrogens with zero attached hydrogens (tertiary/aromatic N) is 4. The molecule has 0 saturated heterocycles. The fourth-order valence-corrected chi connectivity index (χ4v) is 2.42. The number of hydrogen-bond acceptors (Lipinski definition) is 5. The van der Waals surface area contributed by atoms with Gasteiger partial charge < -0.3 is 10.2 Å². The molecule has 2 N–H and O–H groups in total. The van der Waals surface area contributed by atoms with Gasteiger partial charge in [-0.25, -0.2) is 0 Å². The maximum Gasteiger partial charge on any atom is 0.225 e. The van der Waals surface area contributed by atoms with Crippen molar-refractivity contribution >= 4 is 22.8 Å². The average molecular weight is 324 g/mol. The lowest BCUT2D eigenvalue weighted by atomic mass is 10.1. The van der Waals surface area contributed by atoms with Crippen LogP contribution in [0.3, 0.4) is 0 Å². The lowest BCUT2D eigenvalue weighted by Gasteiger charge is -2.08. The molecule has 0 fully saturated rings. The van der Waals surface area contributed by atoms with Crippen LogP contribution in [0.25, 0.3) is 22.3 Å². The van der Waals surface area contributed by atoms with E-state index >= 15 is 0 Å². The Morgan fingerprint density at radius 3 is 2.75 bits per heavy atom. The van der Waals surface area contributed by atoms with Crippen LogP contribution in [0, 0.1) is 0 Å². The molecule has 2 heterocycles. The second-order valence-electron chi connectivity index (χ2n) is 5.89. The Kier molecular flexibility index (Phi) is 4.81. The van der Waals surface area contributed by atoms with Gasteiger partial charge in [0.25, 0.3) is 0 Å². The van der Waals surface area contributed by atoms with Gasteiger partial charge >= 0.3 is 0 Å². The molecule has 0 radical (unpaired) electrons. The number of amides is 1. The number of hydrogen-bond donors (Lipinski definition) is 2. The van der Waals surface area contributed by atoms with Crippen molar-refractivity contribution in [2.45, 2.75) is 12.8 Å². The lowest BCUT2D eigenvalue weighted by molar-refractivity contribution is -0.116. The number of carbonyl (C=O) groups is 1. The molecule has 0 spiro atoms. The van der Waals surface area contributed by atoms with Crippen LogP contribution in [0.2, 0.25) is 0 Å². The highest BCUT2D eigenvalue weighted by molar-refractivity contribution is 5.99. The Balaban J connectivity index is 1.78. The first kappa shape index (κ1) is 16.1. The molecular formula is C17H20N6O. The standard InChI is InChI=1S/C17H20N6O/c1-23(2)10-6-9-15(24)18-16-13-11-14(12-7-4-3-5-8-12)19-21-17(13)22-20-16/h3-5,7-8,11H,6,9-10H2,1-2H3,(H2,18,20,21,22,24). The number of rotatable bonds is 6. The molecule has 0 bridgehead atoms. The van der Waals surface area contributed by atoms with Crippen LogP contribution in [-0.4, -0.2) is 51.8 Å². The van der Waals surface area contributed by atoms with Crippen LogP contribution < -0.4 is 5.32 Å². The van der Waals surface area contributed by atoms with E-state index in [1.54, 1.807) is 0 Å². The fraction of sp³-hybridized carbons (Fsp3) is 0.294. The second kappa shape index (κ2) is 7.18. The third kappa shape index (κ3) is 3.75. The predicted molar refractivity (Wildman–Crippen MR) is 93.5 cm³/mol. The molecule has 0 aliphatic rings. The van der Waals surface area contributed by atoms with Gasteiger partial charge in [-0.2, -0.15) is 5.10 Å². The Labute approximate surface area is 140 Å². The van der Waals surface area contributed by atoms with E-state index in [1.165, 1.54) is 0 Å². The highest BCUT2D eigenvalue weighted by atomic mass is 16.1. The van der Waals surface area contributed by atoms with E-state index in [-0.39, 0.29) is 5.91 Å². The summed E-state index contributed by atoms with van der Waals surface area (Å²) in [6, 6.07) is 11.7. The van der Waals surface area contributed by atoms with Crippen LogP contribution in [0.4, 0.5) is 5.82 Å². The molecule has 124 valence electrons. The zero-order chi connectivity index (χ0) is 16.9. The largest absolute Gasteiger partial charge is 0.309 e. The maximum absolute atomic E-state index is 12.1. The normalized spacial score (nSPS) is 11.1. The number of benzene rings is 1. The smallest absolute Gasteiger partial charge is 0.225 e. The number of aromatic amines is 1. The first-order chi connectivity index (χ1) is 11.6. The zero-order valence-corrected chi connectivity index (χ0v) is 13.8. The maximum atomic E-state index is 12.1. The number of anilines is 1. The fourth-order valence-electron chi connectivity index (χ4n) is 2.42. The molecule has 24 heavy (non-hydrogen) atoms. The first-order valence-corrected chi connectivity index (χ1v) is 7.85. The van der Waals surface area contributed by atoms with Gasteiger partial charge in [-0.05, 0) is 33.1 Å². The van der Waals surface area contributed by atoms with Crippen LogP contribution in [-0.2, 0) is 4.79 Å². The second-order valence-corrected chi connectivity index (χ2v) is 5.89. The molecule has 1 amide bonds. The number of aromatic nitrogens is 4. The van der Waals surface area contributed by atoms with Gasteiger partial charge in [-0.15, -0.1) is 10.2 Å². The molecule has 7 heteroatoms. The minimum atomic E-state index is -0.0525. The molecule has 0 atom stereocenters. The minimum Gasteiger partial charge on any atom is -0.309 e. The van der Waals surface area contributed by atoms with Crippen LogP contribution in [0.15, 0.2) is 36.4 Å². The van der Waals surface area contributed by atoms with Crippen molar-refractivity contribution in [2.75, 3.05) is 26.0 Å². The zero-order valence-electron chi connectivity index (χ0n) is 13.8. The third-order valence-electron chi connectivity index (χ3n) is 3.66. The molecule has 3 rings (SSSR count). The molecule has 0 unspecified atom stereocenters. The van der Waals surface area contributed by atoms with E-state index in [0.29, 0.717) is 17.9 Å². The van der Waals surface area contributed by atoms with Crippen LogP contribution >= 0.6 is 0 Å². The van der Waals surface area contributed by atoms with Crippen LogP contribution in [0.1, 0.15) is 12.8 Å². The molecule has 0 saturated carbocycles. The number of carbonyl (C=O) groups excluding carboxylic acids is 1. The highest BCUT2D eigenvalue weighted by Crippen LogP contribution is 2.24. The minimum absolute atomic E-state index is 0.0525. The summed E-state index contributed by atoms with van der Waals surface area (Å²) in [4.78, 5) is 14.1. The van der Waals surface area contributed by atoms with Gasteiger partial charge in [0.15, 0.2) is 11.5 Å². The van der Waals surface area contributed by atoms with E-state index in [2.05, 4.69) is 30.6 Å². The van der Waals surface area contributed by atoms with Crippen molar-refractivity contribution in [3.05, 3.63) is 36.4 Å². The topological polar surface area (TPSA) is 86.8 Å². The molecule has 7 nitrogen and oxygen atoms in total. The quantitative estimate of drug-likeness (QED) is 0.726. The van der Waals surface area contributed by atoms with Gasteiger partial charge in [0.1, 0.15) is 0 Å². The van der Waals surface area contributed by atoms with Gasteiger partial charge in [0.05, 0.1) is 11.1 Å². The third-order valence-corrected chi connectivity index (χ3v) is 3.66. The Morgan fingerprint density at radius 1 is 1.21 bits per heavy atom. The molecule has 2 aromatic heterocycles. The van der Waals surface area contributed by atoms with E-state index in [1.807, 2.05) is 50.5 Å². The van der Waals surface area contributed by atoms with E-state index < -0.39 is 0 Å². The lowest BCUT2D eigenvalue weighted by Crippen LogP contribution is -2.17. The molecule has 1 aromatic carbocycles. The Bertz CT molecular complexity index is 827. The van der Waals surface area contributed by atoms with Gasteiger partial charge in [-0.1, -0.05) is 30.3 Å². The monoisotopic (exact) mass is 324 g/mol. The van der Waals surface area contributed by atoms with Gasteiger partial charge in [0.2, 0.25) is 5.91 Å². The predicted octanol–water partition coefficient (Wildman–Crippen LogP) is 2.30. The number of fused-ring (bicyclic) bond motifs is 1. The summed E-state index contributed by atoms with van der Waals surface area (Å²) in [7, 11) is 3.98. The first-order valence-electron chi connectivity index (χ1n) is 7.85. The SMILES string of the molecule is CN(C)CCCC(=O)Nc1n[nH]c2nnc(-c3ccccc3)cc12. The van der Waals surface area contributed by atoms with Crippen molar-refractivity contribution in [2.24, 2.45) is 0 Å². The van der Waals surface area contributed by atoms with Crippen molar-refractivity contribution in [1.82, 2.24) is 25.3 Å². The van der Waals surface area contributed by atoms with E-state index in [4.69, 9.17) is 0 Å². The number of H-pyrrole nitrogens is 1. The van der Waals surface area contributed by atoms with E-state index in [0.717, 1.165) is 29.6 Å². The van der Waals surface area contributed by atoms with Gasteiger partial charge in [-0.3, -0.25) is 9.89 Å². The summed E-state index contributed by atoms with van der Waals surface area (Å²) in [6.07, 6.45) is 1.26. The molecular weight excluding hydrogens is 304 g/mol. The summed E-state index contributed by atoms with van der Waals surface area (Å²) in [5, 5.41) is 18.9. The van der Waals surface area contributed by atoms with Crippen molar-refractivity contribution in [3.8, 4) is 11.3 Å². The van der Waals surface area contributed by atoms with Crippen molar-refractivity contribution < 1.29 is 4.79 Å². The highest BCUT2D eigenvalue weighted by Gasteiger charge is 2.12. The summed E-state index contributed by atoms with van der Waals surface area (Å²) in [5.41, 5.74) is 2.27. The summed E-state index contributed by atoms with van der Waals surface area (Å²) >= 11 is 0. The summed E-state index contributed by atoms with van der Waals surface area (Å²) < 4.78 is 0. The Morgan fingerprint density at radius 2 is 2.00 bits per heavy atom. The molecule has 0 aliphatic carbocycles. The van der Waals surface area contributed by atoms with Crippen LogP contribution in [0.5, 0.6) is 0 Å². The van der Waals surface area contributed by atoms with Crippen molar-refractivity contribution in [3.63, 3.8) is 0 Å². The Hall–Kier alpha value is -2.80. The molecule has 3 aromatic rings. The molecule has 0 aliphatic heterocycles. The average Bonchev–Trinajstić information content (AvgIpc) is 2.97. The number of nitrogens with one attached hydrogen (secondary N) is 2. The summed E-state index contributed by atoms with van der Waals surface area (Å²) in [5.74, 6) is 0.440.